The lowest BCUT2D eigenvalue weighted by molar-refractivity contribution is 0.189. The quantitative estimate of drug-likeness (QED) is 0.736. The fourth-order valence-electron chi connectivity index (χ4n) is 2.65. The Kier molecular flexibility index (Phi) is 6.06. The average Bonchev–Trinajstić information content (AvgIpc) is 3.27. The van der Waals surface area contributed by atoms with E-state index in [9.17, 15) is 0 Å². The largest absolute Gasteiger partial charge is 0.309 e. The highest BCUT2D eigenvalue weighted by Gasteiger charge is 2.27. The fourth-order valence-corrected chi connectivity index (χ4v) is 2.65. The number of nitrogens with zero attached hydrogens (tertiary/aromatic N) is 1. The number of hydrogen-bond donors (Lipinski definition) is 1. The van der Waals surface area contributed by atoms with Gasteiger partial charge in [-0.25, -0.2) is 0 Å². The molecule has 1 aliphatic carbocycles. The molecule has 1 unspecified atom stereocenters. The van der Waals surface area contributed by atoms with Gasteiger partial charge >= 0.3 is 0 Å². The molecule has 112 valence electrons. The molecule has 0 bridgehead atoms. The van der Waals surface area contributed by atoms with Gasteiger partial charge in [0.2, 0.25) is 0 Å². The first-order valence-corrected chi connectivity index (χ1v) is 8.23. The Labute approximate surface area is 124 Å². The number of rotatable bonds is 9. The van der Waals surface area contributed by atoms with Crippen molar-refractivity contribution in [2.24, 2.45) is 5.92 Å². The Morgan fingerprint density at radius 1 is 1.20 bits per heavy atom. The summed E-state index contributed by atoms with van der Waals surface area (Å²) >= 11 is 0. The normalized spacial score (nSPS) is 16.9. The van der Waals surface area contributed by atoms with Gasteiger partial charge in [-0.2, -0.15) is 0 Å². The Balaban J connectivity index is 2.00. The second kappa shape index (κ2) is 7.80. The zero-order valence-electron chi connectivity index (χ0n) is 13.3. The van der Waals surface area contributed by atoms with E-state index >= 15 is 0 Å². The first-order valence-electron chi connectivity index (χ1n) is 8.23. The summed E-state index contributed by atoms with van der Waals surface area (Å²) in [6, 6.07) is 12.0. The molecule has 1 atom stereocenters. The maximum Gasteiger partial charge on any atom is 0.0449 e. The second-order valence-electron chi connectivity index (χ2n) is 6.41. The predicted octanol–water partition coefficient (Wildman–Crippen LogP) is 3.85. The van der Waals surface area contributed by atoms with Crippen LogP contribution in [0.2, 0.25) is 0 Å². The Morgan fingerprint density at radius 3 is 2.45 bits per heavy atom. The van der Waals surface area contributed by atoms with Gasteiger partial charge in [0, 0.05) is 25.2 Å². The number of benzene rings is 1. The van der Waals surface area contributed by atoms with E-state index in [1.54, 1.807) is 0 Å². The molecule has 1 fully saturated rings. The lowest BCUT2D eigenvalue weighted by atomic mass is 10.1. The van der Waals surface area contributed by atoms with Gasteiger partial charge in [0.25, 0.3) is 0 Å². The minimum absolute atomic E-state index is 0.456. The molecule has 0 radical (unpaired) electrons. The summed E-state index contributed by atoms with van der Waals surface area (Å²) in [5, 5.41) is 3.72. The molecule has 2 nitrogen and oxygen atoms in total. The van der Waals surface area contributed by atoms with Gasteiger partial charge in [0.1, 0.15) is 0 Å². The van der Waals surface area contributed by atoms with Crippen molar-refractivity contribution in [1.82, 2.24) is 10.2 Å². The highest BCUT2D eigenvalue weighted by molar-refractivity contribution is 5.19. The Hall–Kier alpha value is -0.860. The van der Waals surface area contributed by atoms with Crippen molar-refractivity contribution in [3.8, 4) is 0 Å². The molecule has 0 saturated heterocycles. The third-order valence-electron chi connectivity index (χ3n) is 4.18. The summed E-state index contributed by atoms with van der Waals surface area (Å²) in [7, 11) is 0. The van der Waals surface area contributed by atoms with Gasteiger partial charge in [-0.15, -0.1) is 0 Å². The highest BCUT2D eigenvalue weighted by atomic mass is 15.2. The molecule has 0 amide bonds. The molecule has 1 aromatic rings. The average molecular weight is 274 g/mol. The van der Waals surface area contributed by atoms with E-state index < -0.39 is 0 Å². The molecular weight excluding hydrogens is 244 g/mol. The molecule has 1 aromatic carbocycles. The van der Waals surface area contributed by atoms with E-state index in [0.717, 1.165) is 19.0 Å². The Bertz CT molecular complexity index is 370. The van der Waals surface area contributed by atoms with E-state index in [2.05, 4.69) is 61.3 Å². The van der Waals surface area contributed by atoms with Crippen LogP contribution in [0.1, 0.15) is 51.6 Å². The molecule has 2 heteroatoms. The lowest BCUT2D eigenvalue weighted by Gasteiger charge is -2.31. The zero-order valence-corrected chi connectivity index (χ0v) is 13.3. The third-order valence-corrected chi connectivity index (χ3v) is 4.18. The van der Waals surface area contributed by atoms with Crippen molar-refractivity contribution in [3.63, 3.8) is 0 Å². The minimum atomic E-state index is 0.456. The van der Waals surface area contributed by atoms with Crippen molar-refractivity contribution >= 4 is 0 Å². The van der Waals surface area contributed by atoms with Crippen LogP contribution in [0.15, 0.2) is 30.3 Å². The summed E-state index contributed by atoms with van der Waals surface area (Å²) in [6.07, 6.45) is 4.05. The zero-order chi connectivity index (χ0) is 14.4. The van der Waals surface area contributed by atoms with Crippen LogP contribution in [-0.4, -0.2) is 30.6 Å². The standard InChI is InChI=1S/C18H30N2/c1-4-12-19-18(17-8-6-5-7-9-17)14-20(15(2)3)13-16-10-11-16/h5-9,15-16,18-19H,4,10-14H2,1-3H3. The fraction of sp³-hybridized carbons (Fsp3) is 0.667. The monoisotopic (exact) mass is 274 g/mol. The van der Waals surface area contributed by atoms with Gasteiger partial charge in [0.15, 0.2) is 0 Å². The molecule has 2 rings (SSSR count). The summed E-state index contributed by atoms with van der Waals surface area (Å²) < 4.78 is 0. The van der Waals surface area contributed by atoms with E-state index in [1.165, 1.54) is 31.4 Å². The SMILES string of the molecule is CCCNC(CN(CC1CC1)C(C)C)c1ccccc1. The van der Waals surface area contributed by atoms with Crippen LogP contribution in [0.3, 0.4) is 0 Å². The van der Waals surface area contributed by atoms with Crippen LogP contribution in [0, 0.1) is 5.92 Å². The highest BCUT2D eigenvalue weighted by Crippen LogP contribution is 2.31. The predicted molar refractivity (Wildman–Crippen MR) is 86.9 cm³/mol. The Morgan fingerprint density at radius 2 is 1.90 bits per heavy atom. The van der Waals surface area contributed by atoms with E-state index in [4.69, 9.17) is 0 Å². The first kappa shape index (κ1) is 15.5. The smallest absolute Gasteiger partial charge is 0.0449 e. The number of nitrogens with one attached hydrogen (secondary N) is 1. The molecule has 20 heavy (non-hydrogen) atoms. The molecule has 0 heterocycles. The number of hydrogen-bond acceptors (Lipinski definition) is 2. The molecule has 1 saturated carbocycles. The van der Waals surface area contributed by atoms with Gasteiger partial charge in [-0.1, -0.05) is 37.3 Å². The van der Waals surface area contributed by atoms with Crippen LogP contribution in [0.4, 0.5) is 0 Å². The molecular formula is C18H30N2. The topological polar surface area (TPSA) is 15.3 Å². The molecule has 0 spiro atoms. The summed E-state index contributed by atoms with van der Waals surface area (Å²) in [6.45, 7) is 10.4. The van der Waals surface area contributed by atoms with E-state index in [-0.39, 0.29) is 0 Å². The lowest BCUT2D eigenvalue weighted by Crippen LogP contribution is -2.40. The minimum Gasteiger partial charge on any atom is -0.309 e. The van der Waals surface area contributed by atoms with Crippen LogP contribution in [0.25, 0.3) is 0 Å². The van der Waals surface area contributed by atoms with Gasteiger partial charge in [0.05, 0.1) is 0 Å². The van der Waals surface area contributed by atoms with Gasteiger partial charge in [-0.3, -0.25) is 4.90 Å². The molecule has 0 aliphatic heterocycles. The second-order valence-corrected chi connectivity index (χ2v) is 6.41. The summed E-state index contributed by atoms with van der Waals surface area (Å²) in [5.74, 6) is 0.958. The molecule has 1 N–H and O–H groups in total. The molecule has 1 aliphatic rings. The van der Waals surface area contributed by atoms with Crippen LogP contribution in [0.5, 0.6) is 0 Å². The maximum atomic E-state index is 3.72. The van der Waals surface area contributed by atoms with Crippen molar-refractivity contribution in [2.45, 2.75) is 52.1 Å². The molecule has 0 aromatic heterocycles. The third kappa shape index (κ3) is 4.92. The van der Waals surface area contributed by atoms with Gasteiger partial charge < -0.3 is 5.32 Å². The van der Waals surface area contributed by atoms with E-state index in [1.807, 2.05) is 0 Å². The van der Waals surface area contributed by atoms with Gasteiger partial charge in [-0.05, 0) is 51.1 Å². The van der Waals surface area contributed by atoms with Crippen molar-refractivity contribution in [2.75, 3.05) is 19.6 Å². The summed E-state index contributed by atoms with van der Waals surface area (Å²) in [5.41, 5.74) is 1.42. The van der Waals surface area contributed by atoms with Crippen molar-refractivity contribution in [3.05, 3.63) is 35.9 Å². The van der Waals surface area contributed by atoms with Crippen LogP contribution >= 0.6 is 0 Å². The summed E-state index contributed by atoms with van der Waals surface area (Å²) in [4.78, 5) is 2.65. The first-order chi connectivity index (χ1) is 9.70. The van der Waals surface area contributed by atoms with Crippen molar-refractivity contribution < 1.29 is 0 Å². The van der Waals surface area contributed by atoms with Crippen LogP contribution < -0.4 is 5.32 Å². The maximum absolute atomic E-state index is 3.72. The van der Waals surface area contributed by atoms with E-state index in [0.29, 0.717) is 12.1 Å². The van der Waals surface area contributed by atoms with Crippen molar-refractivity contribution in [1.29, 1.82) is 0 Å². The van der Waals surface area contributed by atoms with Crippen LogP contribution in [-0.2, 0) is 0 Å².